The number of halogens is 1. The standard InChI is InChI=1S/C25H22ClN5O2/c1-16-27-28-25-30(15-18-14-20(32-2)12-13-23(18)33-3)29-24(17-8-10-19(26)11-9-17)21-6-4-5-7-22(21)31(16)25/h4-14H,15H2,1-3H3. The summed E-state index contributed by atoms with van der Waals surface area (Å²) in [5, 5.41) is 16.4. The molecule has 1 aliphatic rings. The van der Waals surface area contributed by atoms with E-state index >= 15 is 0 Å². The van der Waals surface area contributed by atoms with Crippen molar-refractivity contribution in [1.29, 1.82) is 0 Å². The molecular weight excluding hydrogens is 438 g/mol. The molecule has 0 amide bonds. The summed E-state index contributed by atoms with van der Waals surface area (Å²) in [6.45, 7) is 2.34. The zero-order chi connectivity index (χ0) is 22.9. The Bertz CT molecular complexity index is 1350. The van der Waals surface area contributed by atoms with Gasteiger partial charge in [-0.05, 0) is 43.3 Å². The van der Waals surface area contributed by atoms with Crippen LogP contribution in [-0.2, 0) is 6.54 Å². The van der Waals surface area contributed by atoms with Crippen LogP contribution in [0.15, 0.2) is 71.8 Å². The van der Waals surface area contributed by atoms with Crippen molar-refractivity contribution in [3.63, 3.8) is 0 Å². The molecule has 0 atom stereocenters. The fraction of sp³-hybridized carbons (Fsp3) is 0.160. The summed E-state index contributed by atoms with van der Waals surface area (Å²) in [5.41, 5.74) is 4.61. The zero-order valence-electron chi connectivity index (χ0n) is 18.5. The molecule has 1 aliphatic heterocycles. The van der Waals surface area contributed by atoms with Gasteiger partial charge in [0.1, 0.15) is 23.0 Å². The summed E-state index contributed by atoms with van der Waals surface area (Å²) in [5.74, 6) is 2.87. The first kappa shape index (κ1) is 21.0. The maximum Gasteiger partial charge on any atom is 0.252 e. The Labute approximate surface area is 196 Å². The van der Waals surface area contributed by atoms with Crippen molar-refractivity contribution >= 4 is 23.3 Å². The first-order valence-corrected chi connectivity index (χ1v) is 10.8. The molecule has 2 heterocycles. The Balaban J connectivity index is 1.72. The van der Waals surface area contributed by atoms with Crippen molar-refractivity contribution in [1.82, 2.24) is 14.8 Å². The molecule has 5 rings (SSSR count). The quantitative estimate of drug-likeness (QED) is 0.419. The van der Waals surface area contributed by atoms with Gasteiger partial charge in [0.05, 0.1) is 26.5 Å². The maximum atomic E-state index is 6.16. The van der Waals surface area contributed by atoms with Crippen LogP contribution in [0.2, 0.25) is 5.02 Å². The predicted octanol–water partition coefficient (Wildman–Crippen LogP) is 5.02. The van der Waals surface area contributed by atoms with Gasteiger partial charge in [0.2, 0.25) is 0 Å². The lowest BCUT2D eigenvalue weighted by Crippen LogP contribution is -2.21. The highest BCUT2D eigenvalue weighted by Crippen LogP contribution is 2.33. The lowest BCUT2D eigenvalue weighted by atomic mass is 10.0. The molecule has 0 saturated carbocycles. The van der Waals surface area contributed by atoms with Crippen molar-refractivity contribution in [3.8, 4) is 17.2 Å². The van der Waals surface area contributed by atoms with Crippen molar-refractivity contribution in [2.45, 2.75) is 13.5 Å². The van der Waals surface area contributed by atoms with Gasteiger partial charge in [-0.1, -0.05) is 41.9 Å². The van der Waals surface area contributed by atoms with Crippen LogP contribution in [0.25, 0.3) is 5.69 Å². The first-order valence-electron chi connectivity index (χ1n) is 10.4. The first-order chi connectivity index (χ1) is 16.1. The number of hydrogen-bond acceptors (Lipinski definition) is 6. The van der Waals surface area contributed by atoms with E-state index in [1.165, 1.54) is 0 Å². The second-order valence-electron chi connectivity index (χ2n) is 7.59. The van der Waals surface area contributed by atoms with Crippen LogP contribution in [0.4, 0.5) is 5.95 Å². The molecule has 0 spiro atoms. The number of anilines is 1. The molecule has 0 bridgehead atoms. The van der Waals surface area contributed by atoms with Crippen LogP contribution in [0, 0.1) is 6.92 Å². The second-order valence-corrected chi connectivity index (χ2v) is 8.03. The van der Waals surface area contributed by atoms with Gasteiger partial charge in [-0.15, -0.1) is 10.2 Å². The van der Waals surface area contributed by atoms with Crippen LogP contribution in [0.3, 0.4) is 0 Å². The van der Waals surface area contributed by atoms with Gasteiger partial charge in [-0.3, -0.25) is 4.57 Å². The number of aryl methyl sites for hydroxylation is 1. The Hall–Kier alpha value is -3.84. The number of para-hydroxylation sites is 1. The summed E-state index contributed by atoms with van der Waals surface area (Å²) in [7, 11) is 3.30. The lowest BCUT2D eigenvalue weighted by Gasteiger charge is -2.19. The van der Waals surface area contributed by atoms with E-state index in [4.69, 9.17) is 26.2 Å². The van der Waals surface area contributed by atoms with Crippen molar-refractivity contribution < 1.29 is 9.47 Å². The SMILES string of the molecule is COc1ccc(OC)c(CN2N=C(c3ccc(Cl)cc3)c3ccccc3-n3c(C)nnc32)c1. The van der Waals surface area contributed by atoms with Gasteiger partial charge >= 0.3 is 0 Å². The monoisotopic (exact) mass is 459 g/mol. The van der Waals surface area contributed by atoms with E-state index in [1.807, 2.05) is 71.1 Å². The van der Waals surface area contributed by atoms with Crippen LogP contribution < -0.4 is 14.5 Å². The number of rotatable bonds is 5. The maximum absolute atomic E-state index is 6.16. The Morgan fingerprint density at radius 3 is 2.45 bits per heavy atom. The third kappa shape index (κ3) is 3.81. The fourth-order valence-electron chi connectivity index (χ4n) is 3.98. The molecule has 0 fully saturated rings. The van der Waals surface area contributed by atoms with Gasteiger partial charge in [-0.2, -0.15) is 5.10 Å². The van der Waals surface area contributed by atoms with Crippen LogP contribution in [0.5, 0.6) is 11.5 Å². The Morgan fingerprint density at radius 1 is 0.909 bits per heavy atom. The predicted molar refractivity (Wildman–Crippen MR) is 129 cm³/mol. The minimum absolute atomic E-state index is 0.406. The van der Waals surface area contributed by atoms with Gasteiger partial charge < -0.3 is 9.47 Å². The number of nitrogens with zero attached hydrogens (tertiary/aromatic N) is 5. The lowest BCUT2D eigenvalue weighted by molar-refractivity contribution is 0.398. The van der Waals surface area contributed by atoms with E-state index in [0.717, 1.165) is 45.4 Å². The average Bonchev–Trinajstić information content (AvgIpc) is 3.16. The highest BCUT2D eigenvalue weighted by atomic mass is 35.5. The van der Waals surface area contributed by atoms with E-state index in [2.05, 4.69) is 22.3 Å². The second kappa shape index (κ2) is 8.60. The molecule has 0 unspecified atom stereocenters. The Morgan fingerprint density at radius 2 is 1.70 bits per heavy atom. The number of ether oxygens (including phenoxy) is 2. The number of hydrogen-bond donors (Lipinski definition) is 0. The molecule has 0 saturated heterocycles. The number of methoxy groups -OCH3 is 2. The molecule has 1 aromatic heterocycles. The van der Waals surface area contributed by atoms with Crippen LogP contribution >= 0.6 is 11.6 Å². The average molecular weight is 460 g/mol. The fourth-order valence-corrected chi connectivity index (χ4v) is 4.11. The molecule has 7 nitrogen and oxygen atoms in total. The van der Waals surface area contributed by atoms with E-state index in [9.17, 15) is 0 Å². The van der Waals surface area contributed by atoms with E-state index in [-0.39, 0.29) is 0 Å². The molecular formula is C25H22ClN5O2. The molecule has 0 aliphatic carbocycles. The zero-order valence-corrected chi connectivity index (χ0v) is 19.2. The van der Waals surface area contributed by atoms with Gasteiger partial charge in [0.25, 0.3) is 5.95 Å². The van der Waals surface area contributed by atoms with Crippen LogP contribution in [-0.4, -0.2) is 34.7 Å². The largest absolute Gasteiger partial charge is 0.497 e. The van der Waals surface area contributed by atoms with Gasteiger partial charge in [0, 0.05) is 21.7 Å². The topological polar surface area (TPSA) is 64.8 Å². The summed E-state index contributed by atoms with van der Waals surface area (Å²) < 4.78 is 13.1. The summed E-state index contributed by atoms with van der Waals surface area (Å²) in [6.07, 6.45) is 0. The smallest absolute Gasteiger partial charge is 0.252 e. The minimum Gasteiger partial charge on any atom is -0.497 e. The van der Waals surface area contributed by atoms with Gasteiger partial charge in [-0.25, -0.2) is 5.01 Å². The van der Waals surface area contributed by atoms with Crippen molar-refractivity contribution in [3.05, 3.63) is 94.3 Å². The van der Waals surface area contributed by atoms with E-state index < -0.39 is 0 Å². The van der Waals surface area contributed by atoms with Gasteiger partial charge in [0.15, 0.2) is 0 Å². The highest BCUT2D eigenvalue weighted by molar-refractivity contribution is 6.30. The number of hydrazone groups is 1. The molecule has 8 heteroatoms. The summed E-state index contributed by atoms with van der Waals surface area (Å²) in [4.78, 5) is 0. The molecule has 0 N–H and O–H groups in total. The van der Waals surface area contributed by atoms with E-state index in [1.54, 1.807) is 14.2 Å². The summed E-state index contributed by atoms with van der Waals surface area (Å²) in [6, 6.07) is 21.5. The van der Waals surface area contributed by atoms with Crippen LogP contribution in [0.1, 0.15) is 22.5 Å². The number of aromatic nitrogens is 3. The number of benzene rings is 3. The normalized spacial score (nSPS) is 12.5. The van der Waals surface area contributed by atoms with E-state index in [0.29, 0.717) is 17.5 Å². The van der Waals surface area contributed by atoms with Crippen molar-refractivity contribution in [2.75, 3.05) is 19.2 Å². The third-order valence-electron chi connectivity index (χ3n) is 5.58. The van der Waals surface area contributed by atoms with Crippen molar-refractivity contribution in [2.24, 2.45) is 5.10 Å². The molecule has 0 radical (unpaired) electrons. The highest BCUT2D eigenvalue weighted by Gasteiger charge is 2.27. The molecule has 4 aromatic rings. The molecule has 3 aromatic carbocycles. The third-order valence-corrected chi connectivity index (χ3v) is 5.84. The molecule has 33 heavy (non-hydrogen) atoms. The number of fused-ring (bicyclic) bond motifs is 3. The minimum atomic E-state index is 0.406. The summed E-state index contributed by atoms with van der Waals surface area (Å²) >= 11 is 6.16. The molecule has 166 valence electrons. The Kier molecular flexibility index (Phi) is 5.48.